The summed E-state index contributed by atoms with van der Waals surface area (Å²) in [6.07, 6.45) is 2.99. The third-order valence-electron chi connectivity index (χ3n) is 2.62. The van der Waals surface area contributed by atoms with Gasteiger partial charge in [0.05, 0.1) is 12.5 Å². The zero-order chi connectivity index (χ0) is 13.9. The number of rotatable bonds is 2. The first-order valence-corrected chi connectivity index (χ1v) is 5.63. The zero-order valence-electron chi connectivity index (χ0n) is 10.1. The summed E-state index contributed by atoms with van der Waals surface area (Å²) < 4.78 is 10.6. The van der Waals surface area contributed by atoms with Gasteiger partial charge in [0.15, 0.2) is 22.9 Å². The van der Waals surface area contributed by atoms with Crippen molar-refractivity contribution in [3.05, 3.63) is 48.2 Å². The lowest BCUT2D eigenvalue weighted by molar-refractivity contribution is 0.571. The number of furan rings is 2. The summed E-state index contributed by atoms with van der Waals surface area (Å²) in [5.74, 6) is 0.898. The second kappa shape index (κ2) is 4.71. The highest BCUT2D eigenvalue weighted by Crippen LogP contribution is 2.30. The van der Waals surface area contributed by atoms with E-state index in [9.17, 15) is 0 Å². The molecule has 0 N–H and O–H groups in total. The highest BCUT2D eigenvalue weighted by atomic mass is 16.3. The Hall–Kier alpha value is -3.38. The van der Waals surface area contributed by atoms with Gasteiger partial charge in [0, 0.05) is 0 Å². The third kappa shape index (κ3) is 1.82. The normalized spacial score (nSPS) is 9.90. The molecule has 0 amide bonds. The predicted molar refractivity (Wildman–Crippen MR) is 66.9 cm³/mol. The number of aromatic nitrogens is 2. The van der Waals surface area contributed by atoms with Crippen LogP contribution in [-0.2, 0) is 0 Å². The van der Waals surface area contributed by atoms with Crippen LogP contribution in [0.4, 0.5) is 0 Å². The molecule has 0 atom stereocenters. The topological polar surface area (TPSA) is 99.6 Å². The summed E-state index contributed by atoms with van der Waals surface area (Å²) >= 11 is 0. The molecule has 0 saturated heterocycles. The molecule has 6 nitrogen and oxygen atoms in total. The van der Waals surface area contributed by atoms with Crippen molar-refractivity contribution >= 4 is 0 Å². The molecule has 0 aliphatic carbocycles. The smallest absolute Gasteiger partial charge is 0.177 e. The van der Waals surface area contributed by atoms with Gasteiger partial charge in [-0.25, -0.2) is 9.97 Å². The van der Waals surface area contributed by atoms with E-state index in [1.54, 1.807) is 24.3 Å². The molecular formula is C14H6N4O2. The Morgan fingerprint density at radius 3 is 1.55 bits per heavy atom. The van der Waals surface area contributed by atoms with Crippen molar-refractivity contribution in [3.63, 3.8) is 0 Å². The Kier molecular flexibility index (Phi) is 2.76. The maximum atomic E-state index is 9.04. The molecule has 94 valence electrons. The summed E-state index contributed by atoms with van der Waals surface area (Å²) in [5.41, 5.74) is 0.629. The maximum absolute atomic E-state index is 9.04. The van der Waals surface area contributed by atoms with E-state index in [0.29, 0.717) is 22.9 Å². The monoisotopic (exact) mass is 262 g/mol. The first kappa shape index (κ1) is 11.7. The Bertz CT molecular complexity index is 750. The van der Waals surface area contributed by atoms with E-state index in [4.69, 9.17) is 19.4 Å². The first-order chi connectivity index (χ1) is 9.83. The molecule has 0 radical (unpaired) electrons. The van der Waals surface area contributed by atoms with Gasteiger partial charge in [-0.05, 0) is 24.3 Å². The van der Waals surface area contributed by atoms with Gasteiger partial charge in [-0.1, -0.05) is 0 Å². The molecule has 3 aromatic heterocycles. The molecule has 3 heterocycles. The number of hydrogen-bond acceptors (Lipinski definition) is 6. The number of nitrogens with zero attached hydrogens (tertiary/aromatic N) is 4. The van der Waals surface area contributed by atoms with Crippen LogP contribution in [0.3, 0.4) is 0 Å². The number of nitriles is 2. The summed E-state index contributed by atoms with van der Waals surface area (Å²) in [6.45, 7) is 0. The average molecular weight is 262 g/mol. The van der Waals surface area contributed by atoms with Crippen LogP contribution in [0.25, 0.3) is 22.9 Å². The minimum absolute atomic E-state index is 0.0470. The molecule has 0 aliphatic rings. The van der Waals surface area contributed by atoms with Crippen LogP contribution in [0.15, 0.2) is 45.6 Å². The van der Waals surface area contributed by atoms with Crippen molar-refractivity contribution in [2.24, 2.45) is 0 Å². The van der Waals surface area contributed by atoms with E-state index < -0.39 is 0 Å². The Morgan fingerprint density at radius 2 is 1.25 bits per heavy atom. The highest BCUT2D eigenvalue weighted by Gasteiger charge is 2.19. The lowest BCUT2D eigenvalue weighted by atomic mass is 10.2. The van der Waals surface area contributed by atoms with Crippen LogP contribution in [-0.4, -0.2) is 9.97 Å². The largest absolute Gasteiger partial charge is 0.463 e. The van der Waals surface area contributed by atoms with Gasteiger partial charge < -0.3 is 8.83 Å². The van der Waals surface area contributed by atoms with Crippen molar-refractivity contribution in [1.82, 2.24) is 9.97 Å². The molecule has 0 unspecified atom stereocenters. The SMILES string of the molecule is N#Cc1nc(-c2ccco2)c(-c2ccco2)nc1C#N. The van der Waals surface area contributed by atoms with Crippen LogP contribution < -0.4 is 0 Å². The van der Waals surface area contributed by atoms with Crippen molar-refractivity contribution < 1.29 is 8.83 Å². The second-order valence-corrected chi connectivity index (χ2v) is 3.80. The van der Waals surface area contributed by atoms with Crippen LogP contribution >= 0.6 is 0 Å². The molecule has 20 heavy (non-hydrogen) atoms. The van der Waals surface area contributed by atoms with Crippen LogP contribution in [0.2, 0.25) is 0 Å². The van der Waals surface area contributed by atoms with Gasteiger partial charge in [-0.3, -0.25) is 0 Å². The fourth-order valence-electron chi connectivity index (χ4n) is 1.76. The lowest BCUT2D eigenvalue weighted by Crippen LogP contribution is -2.00. The zero-order valence-corrected chi connectivity index (χ0v) is 10.1. The molecular weight excluding hydrogens is 256 g/mol. The third-order valence-corrected chi connectivity index (χ3v) is 2.62. The molecule has 0 aliphatic heterocycles. The molecule has 0 spiro atoms. The fourth-order valence-corrected chi connectivity index (χ4v) is 1.76. The van der Waals surface area contributed by atoms with Gasteiger partial charge in [-0.15, -0.1) is 0 Å². The maximum Gasteiger partial charge on any atom is 0.177 e. The van der Waals surface area contributed by atoms with Crippen molar-refractivity contribution in [1.29, 1.82) is 10.5 Å². The van der Waals surface area contributed by atoms with E-state index in [-0.39, 0.29) is 11.4 Å². The standard InChI is InChI=1S/C14H6N4O2/c15-7-9-10(8-16)18-14(12-4-2-6-20-12)13(17-9)11-3-1-5-19-11/h1-6H. The summed E-state index contributed by atoms with van der Waals surface area (Å²) in [5, 5.41) is 18.1. The molecule has 3 rings (SSSR count). The molecule has 0 fully saturated rings. The van der Waals surface area contributed by atoms with Gasteiger partial charge in [0.25, 0.3) is 0 Å². The van der Waals surface area contributed by atoms with Crippen LogP contribution in [0.5, 0.6) is 0 Å². The van der Waals surface area contributed by atoms with Crippen molar-refractivity contribution in [2.75, 3.05) is 0 Å². The van der Waals surface area contributed by atoms with Crippen LogP contribution in [0, 0.1) is 22.7 Å². The lowest BCUT2D eigenvalue weighted by Gasteiger charge is -2.04. The van der Waals surface area contributed by atoms with Crippen LogP contribution in [0.1, 0.15) is 11.4 Å². The average Bonchev–Trinajstić information content (AvgIpc) is 3.18. The van der Waals surface area contributed by atoms with Gasteiger partial charge >= 0.3 is 0 Å². The Labute approximate surface area is 113 Å². The van der Waals surface area contributed by atoms with Gasteiger partial charge in [0.2, 0.25) is 0 Å². The van der Waals surface area contributed by atoms with Crippen molar-refractivity contribution in [3.8, 4) is 35.0 Å². The molecule has 3 aromatic rings. The molecule has 0 aromatic carbocycles. The Balaban J connectivity index is 2.32. The van der Waals surface area contributed by atoms with E-state index in [0.717, 1.165) is 0 Å². The van der Waals surface area contributed by atoms with Gasteiger partial charge in [0.1, 0.15) is 23.5 Å². The van der Waals surface area contributed by atoms with E-state index in [1.807, 2.05) is 12.1 Å². The van der Waals surface area contributed by atoms with E-state index in [1.165, 1.54) is 12.5 Å². The molecule has 0 saturated carbocycles. The first-order valence-electron chi connectivity index (χ1n) is 5.63. The van der Waals surface area contributed by atoms with E-state index >= 15 is 0 Å². The Morgan fingerprint density at radius 1 is 0.800 bits per heavy atom. The van der Waals surface area contributed by atoms with Gasteiger partial charge in [-0.2, -0.15) is 10.5 Å². The van der Waals surface area contributed by atoms with Crippen molar-refractivity contribution in [2.45, 2.75) is 0 Å². The number of hydrogen-bond donors (Lipinski definition) is 0. The summed E-state index contributed by atoms with van der Waals surface area (Å²) in [7, 11) is 0. The predicted octanol–water partition coefficient (Wildman–Crippen LogP) is 2.74. The summed E-state index contributed by atoms with van der Waals surface area (Å²) in [6, 6.07) is 10.5. The fraction of sp³-hybridized carbons (Fsp3) is 0. The molecule has 6 heteroatoms. The highest BCUT2D eigenvalue weighted by molar-refractivity contribution is 5.73. The minimum atomic E-state index is -0.0470. The quantitative estimate of drug-likeness (QED) is 0.703. The molecule has 0 bridgehead atoms. The van der Waals surface area contributed by atoms with E-state index in [2.05, 4.69) is 9.97 Å². The summed E-state index contributed by atoms with van der Waals surface area (Å²) in [4.78, 5) is 8.32. The second-order valence-electron chi connectivity index (χ2n) is 3.80. The minimum Gasteiger partial charge on any atom is -0.463 e.